The number of rotatable bonds is 5. The van der Waals surface area contributed by atoms with Gasteiger partial charge >= 0.3 is 0 Å². The van der Waals surface area contributed by atoms with Gasteiger partial charge in [0.05, 0.1) is 15.9 Å². The molecule has 0 radical (unpaired) electrons. The number of hydrogen-bond donors (Lipinski definition) is 1. The van der Waals surface area contributed by atoms with Crippen molar-refractivity contribution in [3.63, 3.8) is 0 Å². The number of piperidine rings is 1. The summed E-state index contributed by atoms with van der Waals surface area (Å²) in [5, 5.41) is 5.23. The summed E-state index contributed by atoms with van der Waals surface area (Å²) >= 11 is 2.55. The van der Waals surface area contributed by atoms with Gasteiger partial charge in [0.2, 0.25) is 5.91 Å². The zero-order valence-electron chi connectivity index (χ0n) is 16.2. The van der Waals surface area contributed by atoms with E-state index in [4.69, 9.17) is 0 Å². The Labute approximate surface area is 178 Å². The Morgan fingerprint density at radius 2 is 2.03 bits per heavy atom. The number of likely N-dealkylation sites (tertiary alicyclic amines) is 1. The molecule has 0 spiro atoms. The molecule has 1 fully saturated rings. The normalized spacial score (nSPS) is 16.2. The average molecular weight is 451 g/mol. The van der Waals surface area contributed by atoms with Crippen LogP contribution in [0.3, 0.4) is 0 Å². The smallest absolute Gasteiger partial charge is 0.273 e. The molecule has 0 bridgehead atoms. The summed E-state index contributed by atoms with van der Waals surface area (Å²) in [6.07, 6.45) is 1.70. The second-order valence-corrected chi connectivity index (χ2v) is 11.3. The van der Waals surface area contributed by atoms with E-state index in [0.717, 1.165) is 36.1 Å². The highest BCUT2D eigenvalue weighted by Gasteiger charge is 2.25. The van der Waals surface area contributed by atoms with Gasteiger partial charge in [-0.2, -0.15) is 0 Å². The van der Waals surface area contributed by atoms with E-state index in [1.54, 1.807) is 42.8 Å². The number of sulfonamides is 1. The molecule has 2 aromatic heterocycles. The van der Waals surface area contributed by atoms with Crippen LogP contribution in [0.5, 0.6) is 0 Å². The Kier molecular flexibility index (Phi) is 5.60. The van der Waals surface area contributed by atoms with Gasteiger partial charge in [0.15, 0.2) is 5.13 Å². The van der Waals surface area contributed by atoms with E-state index in [9.17, 15) is 13.2 Å². The van der Waals surface area contributed by atoms with E-state index in [1.165, 1.54) is 27.0 Å². The number of fused-ring (bicyclic) bond motifs is 1. The molecule has 10 heteroatoms. The van der Waals surface area contributed by atoms with E-state index in [2.05, 4.69) is 22.2 Å². The molecule has 1 aliphatic heterocycles. The van der Waals surface area contributed by atoms with Crippen molar-refractivity contribution in [2.24, 2.45) is 5.92 Å². The van der Waals surface area contributed by atoms with Gasteiger partial charge in [-0.1, -0.05) is 17.4 Å². The number of thiazole rings is 1. The number of nitrogens with one attached hydrogen (secondary N) is 1. The van der Waals surface area contributed by atoms with E-state index in [-0.39, 0.29) is 11.8 Å². The summed E-state index contributed by atoms with van der Waals surface area (Å²) in [5.74, 6) is 0.0191. The minimum atomic E-state index is -3.59. The quantitative estimate of drug-likeness (QED) is 0.644. The minimum Gasteiger partial charge on any atom is -0.306 e. The number of nitrogens with zero attached hydrogens (tertiary/aromatic N) is 3. The van der Waals surface area contributed by atoms with Gasteiger partial charge in [-0.05, 0) is 62.6 Å². The Balaban J connectivity index is 1.53. The highest BCUT2D eigenvalue weighted by atomic mass is 32.2. The number of amides is 1. The number of benzene rings is 1. The number of hydrogen-bond acceptors (Lipinski definition) is 7. The molecule has 29 heavy (non-hydrogen) atoms. The van der Waals surface area contributed by atoms with Crippen molar-refractivity contribution in [1.29, 1.82) is 0 Å². The number of anilines is 2. The summed E-state index contributed by atoms with van der Waals surface area (Å²) in [4.78, 5) is 19.3. The van der Waals surface area contributed by atoms with Crippen molar-refractivity contribution in [3.8, 4) is 0 Å². The van der Waals surface area contributed by atoms with Gasteiger partial charge < -0.3 is 10.2 Å². The third-order valence-corrected chi connectivity index (χ3v) is 9.26. The van der Waals surface area contributed by atoms with Gasteiger partial charge in [0.1, 0.15) is 4.21 Å². The van der Waals surface area contributed by atoms with Gasteiger partial charge in [0, 0.05) is 13.0 Å². The fourth-order valence-electron chi connectivity index (χ4n) is 3.32. The molecule has 0 atom stereocenters. The Morgan fingerprint density at radius 1 is 1.28 bits per heavy atom. The maximum absolute atomic E-state index is 12.7. The van der Waals surface area contributed by atoms with Gasteiger partial charge in [0.25, 0.3) is 10.0 Å². The fraction of sp³-hybridized carbons (Fsp3) is 0.368. The second-order valence-electron chi connectivity index (χ2n) is 7.14. The third kappa shape index (κ3) is 4.16. The molecule has 0 saturated carbocycles. The Bertz CT molecular complexity index is 1120. The Hall–Kier alpha value is -2.01. The molecule has 0 unspecified atom stereocenters. The maximum atomic E-state index is 12.7. The first-order chi connectivity index (χ1) is 13.8. The van der Waals surface area contributed by atoms with Crippen molar-refractivity contribution < 1.29 is 13.2 Å². The number of thiophene rings is 1. The van der Waals surface area contributed by atoms with Crippen LogP contribution < -0.4 is 9.62 Å². The van der Waals surface area contributed by atoms with E-state index >= 15 is 0 Å². The SMILES string of the molecule is CN1CCC(C(=O)Nc2nc3ccc(N(C)S(=O)(=O)c4cccs4)cc3s2)CC1. The maximum Gasteiger partial charge on any atom is 0.273 e. The minimum absolute atomic E-state index is 0.00905. The average Bonchev–Trinajstić information content (AvgIpc) is 3.37. The van der Waals surface area contributed by atoms with Crippen LogP contribution in [0.25, 0.3) is 10.2 Å². The highest BCUT2D eigenvalue weighted by Crippen LogP contribution is 2.32. The lowest BCUT2D eigenvalue weighted by Gasteiger charge is -2.27. The first-order valence-electron chi connectivity index (χ1n) is 9.27. The summed E-state index contributed by atoms with van der Waals surface area (Å²) in [7, 11) is 0.0199. The van der Waals surface area contributed by atoms with Gasteiger partial charge in [-0.15, -0.1) is 11.3 Å². The molecule has 1 amide bonds. The molecule has 154 valence electrons. The summed E-state index contributed by atoms with van der Waals surface area (Å²) in [5.41, 5.74) is 1.29. The van der Waals surface area contributed by atoms with Crippen LogP contribution in [0.1, 0.15) is 12.8 Å². The Morgan fingerprint density at radius 3 is 2.72 bits per heavy atom. The van der Waals surface area contributed by atoms with Crippen LogP contribution in [0.2, 0.25) is 0 Å². The van der Waals surface area contributed by atoms with Crippen molar-refractivity contribution in [3.05, 3.63) is 35.7 Å². The number of carbonyl (C=O) groups excluding carboxylic acids is 1. The predicted octanol–water partition coefficient (Wildman–Crippen LogP) is 3.46. The molecule has 3 aromatic rings. The first kappa shape index (κ1) is 20.3. The van der Waals surface area contributed by atoms with Crippen LogP contribution in [0.4, 0.5) is 10.8 Å². The van der Waals surface area contributed by atoms with Crippen molar-refractivity contribution in [2.75, 3.05) is 36.8 Å². The molecular formula is C19H22N4O3S3. The molecule has 1 N–H and O–H groups in total. The van der Waals surface area contributed by atoms with Crippen LogP contribution in [0.15, 0.2) is 39.9 Å². The summed E-state index contributed by atoms with van der Waals surface area (Å²) in [6.45, 7) is 1.85. The topological polar surface area (TPSA) is 82.6 Å². The van der Waals surface area contributed by atoms with Crippen molar-refractivity contribution >= 4 is 59.6 Å². The largest absolute Gasteiger partial charge is 0.306 e. The molecule has 1 aromatic carbocycles. The molecule has 1 aliphatic rings. The van der Waals surface area contributed by atoms with Gasteiger partial charge in [-0.25, -0.2) is 13.4 Å². The summed E-state index contributed by atoms with van der Waals surface area (Å²) in [6, 6.07) is 8.63. The van der Waals surface area contributed by atoms with Crippen molar-refractivity contribution in [1.82, 2.24) is 9.88 Å². The number of aromatic nitrogens is 1. The standard InChI is InChI=1S/C19H22N4O3S3/c1-22-9-7-13(8-10-22)18(24)21-19-20-15-6-5-14(12-16(15)28-19)23(2)29(25,26)17-4-3-11-27-17/h3-6,11-13H,7-10H2,1-2H3,(H,20,21,24). The zero-order chi connectivity index (χ0) is 20.6. The van der Waals surface area contributed by atoms with E-state index in [1.807, 2.05) is 0 Å². The van der Waals surface area contributed by atoms with Crippen molar-refractivity contribution in [2.45, 2.75) is 17.1 Å². The van der Waals surface area contributed by atoms with Crippen LogP contribution >= 0.6 is 22.7 Å². The lowest BCUT2D eigenvalue weighted by atomic mass is 9.96. The second kappa shape index (κ2) is 8.02. The lowest BCUT2D eigenvalue weighted by molar-refractivity contribution is -0.121. The van der Waals surface area contributed by atoms with Crippen LogP contribution in [-0.2, 0) is 14.8 Å². The molecule has 3 heterocycles. The first-order valence-corrected chi connectivity index (χ1v) is 12.4. The molecular weight excluding hydrogens is 428 g/mol. The van der Waals surface area contributed by atoms with E-state index < -0.39 is 10.0 Å². The monoisotopic (exact) mass is 450 g/mol. The van der Waals surface area contributed by atoms with Crippen LogP contribution in [0, 0.1) is 5.92 Å². The molecule has 1 saturated heterocycles. The summed E-state index contributed by atoms with van der Waals surface area (Å²) < 4.78 is 27.9. The third-order valence-electron chi connectivity index (χ3n) is 5.16. The zero-order valence-corrected chi connectivity index (χ0v) is 18.6. The number of carbonyl (C=O) groups is 1. The molecule has 0 aliphatic carbocycles. The van der Waals surface area contributed by atoms with E-state index in [0.29, 0.717) is 15.0 Å². The highest BCUT2D eigenvalue weighted by molar-refractivity contribution is 7.94. The predicted molar refractivity (Wildman–Crippen MR) is 118 cm³/mol. The molecule has 4 rings (SSSR count). The van der Waals surface area contributed by atoms with Crippen LogP contribution in [-0.4, -0.2) is 51.4 Å². The van der Waals surface area contributed by atoms with Gasteiger partial charge in [-0.3, -0.25) is 9.10 Å². The fourth-order valence-corrected chi connectivity index (χ4v) is 6.58. The lowest BCUT2D eigenvalue weighted by Crippen LogP contribution is -2.35. The molecule has 7 nitrogen and oxygen atoms in total.